The fourth-order valence-corrected chi connectivity index (χ4v) is 2.95. The molecule has 0 amide bonds. The number of carbonyl (C=O) groups is 1. The number of hydrogen-bond donors (Lipinski definition) is 0. The van der Waals surface area contributed by atoms with Crippen LogP contribution in [0, 0.1) is 12.7 Å². The Morgan fingerprint density at radius 3 is 2.35 bits per heavy atom. The summed E-state index contributed by atoms with van der Waals surface area (Å²) in [4.78, 5) is 10.4. The monoisotopic (exact) mass is 397 g/mol. The molecule has 0 radical (unpaired) electrons. The van der Waals surface area contributed by atoms with E-state index in [2.05, 4.69) is 0 Å². The van der Waals surface area contributed by atoms with Crippen molar-refractivity contribution in [3.63, 3.8) is 0 Å². The lowest BCUT2D eigenvalue weighted by atomic mass is 10.1. The van der Waals surface area contributed by atoms with Gasteiger partial charge in [-0.15, -0.1) is 0 Å². The molecule has 1 heterocycles. The number of nitrogens with zero attached hydrogens (tertiary/aromatic N) is 1. The lowest BCUT2D eigenvalue weighted by molar-refractivity contribution is -0.138. The largest absolute Gasteiger partial charge is 0.418 e. The van der Waals surface area contributed by atoms with E-state index in [1.165, 1.54) is 13.0 Å². The van der Waals surface area contributed by atoms with E-state index in [0.29, 0.717) is 0 Å². The zero-order chi connectivity index (χ0) is 19.7. The van der Waals surface area contributed by atoms with Crippen molar-refractivity contribution in [2.45, 2.75) is 38.4 Å². The van der Waals surface area contributed by atoms with Gasteiger partial charge in [-0.1, -0.05) is 11.6 Å². The van der Waals surface area contributed by atoms with E-state index in [0.717, 1.165) is 22.9 Å². The Morgan fingerprint density at radius 2 is 1.81 bits per heavy atom. The molecule has 0 fully saturated rings. The summed E-state index contributed by atoms with van der Waals surface area (Å²) in [7, 11) is 0. The third-order valence-corrected chi connectivity index (χ3v) is 4.13. The van der Waals surface area contributed by atoms with Crippen molar-refractivity contribution in [2.75, 3.05) is 0 Å². The number of aromatic nitrogens is 1. The molecular formula is C17H14ClF6NO. The standard InChI is InChI=1S/C17H14ClF6NO/c1-10-14(17(22,23)24)8-25(15(10)2-3-16(20,21)9-26)7-11-4-12(18)6-13(19)5-11/h4-6,8-9H,2-3,7H2,1H3. The van der Waals surface area contributed by atoms with Gasteiger partial charge in [0.2, 0.25) is 0 Å². The van der Waals surface area contributed by atoms with Gasteiger partial charge in [-0.05, 0) is 42.7 Å². The first-order chi connectivity index (χ1) is 11.9. The highest BCUT2D eigenvalue weighted by Crippen LogP contribution is 2.35. The first kappa shape index (κ1) is 20.4. The molecule has 2 rings (SSSR count). The van der Waals surface area contributed by atoms with Crippen LogP contribution in [0.2, 0.25) is 5.02 Å². The van der Waals surface area contributed by atoms with Gasteiger partial charge >= 0.3 is 12.1 Å². The van der Waals surface area contributed by atoms with Crippen molar-refractivity contribution in [1.82, 2.24) is 4.57 Å². The van der Waals surface area contributed by atoms with Gasteiger partial charge in [-0.25, -0.2) is 4.39 Å². The maximum atomic E-state index is 13.4. The zero-order valence-electron chi connectivity index (χ0n) is 13.5. The van der Waals surface area contributed by atoms with Crippen LogP contribution < -0.4 is 0 Å². The predicted octanol–water partition coefficient (Wildman–Crippen LogP) is 5.42. The van der Waals surface area contributed by atoms with Crippen LogP contribution in [0.25, 0.3) is 0 Å². The van der Waals surface area contributed by atoms with E-state index in [-0.39, 0.29) is 28.4 Å². The molecule has 0 aliphatic heterocycles. The van der Waals surface area contributed by atoms with Gasteiger partial charge in [0.15, 0.2) is 6.29 Å². The van der Waals surface area contributed by atoms with E-state index < -0.39 is 42.6 Å². The van der Waals surface area contributed by atoms with Crippen LogP contribution >= 0.6 is 11.6 Å². The van der Waals surface area contributed by atoms with Crippen molar-refractivity contribution in [2.24, 2.45) is 0 Å². The van der Waals surface area contributed by atoms with Crippen molar-refractivity contribution in [3.05, 3.63) is 57.6 Å². The summed E-state index contributed by atoms with van der Waals surface area (Å²) >= 11 is 5.74. The van der Waals surface area contributed by atoms with Crippen LogP contribution in [0.5, 0.6) is 0 Å². The second-order valence-corrected chi connectivity index (χ2v) is 6.33. The Hall–Kier alpha value is -1.96. The number of alkyl halides is 5. The second kappa shape index (κ2) is 7.34. The van der Waals surface area contributed by atoms with Crippen LogP contribution in [0.4, 0.5) is 26.3 Å². The molecule has 1 aromatic heterocycles. The molecule has 0 bridgehead atoms. The minimum Gasteiger partial charge on any atom is -0.346 e. The van der Waals surface area contributed by atoms with Crippen molar-refractivity contribution in [1.29, 1.82) is 0 Å². The maximum absolute atomic E-state index is 13.4. The van der Waals surface area contributed by atoms with E-state index in [4.69, 9.17) is 11.6 Å². The number of aldehydes is 1. The van der Waals surface area contributed by atoms with Crippen LogP contribution in [0.3, 0.4) is 0 Å². The fraction of sp³-hybridized carbons (Fsp3) is 0.353. The predicted molar refractivity (Wildman–Crippen MR) is 84.0 cm³/mol. The third-order valence-electron chi connectivity index (χ3n) is 3.92. The van der Waals surface area contributed by atoms with Crippen molar-refractivity contribution >= 4 is 17.9 Å². The molecule has 0 aliphatic rings. The van der Waals surface area contributed by atoms with Gasteiger partial charge in [-0.3, -0.25) is 4.79 Å². The molecule has 1 aromatic carbocycles. The number of rotatable bonds is 6. The first-order valence-corrected chi connectivity index (χ1v) is 7.85. The number of benzene rings is 1. The maximum Gasteiger partial charge on any atom is 0.418 e. The number of halogens is 7. The summed E-state index contributed by atoms with van der Waals surface area (Å²) in [6.45, 7) is 0.989. The summed E-state index contributed by atoms with van der Waals surface area (Å²) < 4.78 is 80.4. The SMILES string of the molecule is Cc1c(C(F)(F)F)cn(Cc2cc(F)cc(Cl)c2)c1CCC(F)(F)C=O. The molecule has 142 valence electrons. The molecule has 0 atom stereocenters. The zero-order valence-corrected chi connectivity index (χ0v) is 14.3. The molecule has 0 saturated carbocycles. The Balaban J connectivity index is 2.44. The van der Waals surface area contributed by atoms with Gasteiger partial charge in [0.05, 0.1) is 5.56 Å². The average Bonchev–Trinajstić information content (AvgIpc) is 2.80. The topological polar surface area (TPSA) is 22.0 Å². The Labute approximate surface area is 150 Å². The number of carbonyl (C=O) groups excluding carboxylic acids is 1. The van der Waals surface area contributed by atoms with E-state index >= 15 is 0 Å². The quantitative estimate of drug-likeness (QED) is 0.471. The van der Waals surface area contributed by atoms with E-state index in [1.54, 1.807) is 0 Å². The molecule has 0 saturated heterocycles. The summed E-state index contributed by atoms with van der Waals surface area (Å²) in [6.07, 6.45) is -5.79. The van der Waals surface area contributed by atoms with Crippen LogP contribution in [-0.2, 0) is 23.9 Å². The molecule has 2 aromatic rings. The van der Waals surface area contributed by atoms with Crippen molar-refractivity contribution < 1.29 is 31.1 Å². The summed E-state index contributed by atoms with van der Waals surface area (Å²) in [5, 5.41) is 0.0639. The lowest BCUT2D eigenvalue weighted by Gasteiger charge is -2.13. The summed E-state index contributed by atoms with van der Waals surface area (Å²) in [6, 6.07) is 3.51. The fourth-order valence-electron chi connectivity index (χ4n) is 2.70. The van der Waals surface area contributed by atoms with E-state index in [9.17, 15) is 31.1 Å². The minimum atomic E-state index is -4.67. The highest BCUT2D eigenvalue weighted by Gasteiger charge is 2.36. The first-order valence-electron chi connectivity index (χ1n) is 7.48. The molecular weight excluding hydrogens is 384 g/mol. The third kappa shape index (κ3) is 4.81. The molecule has 0 spiro atoms. The van der Waals surface area contributed by atoms with Crippen LogP contribution in [0.1, 0.15) is 28.8 Å². The highest BCUT2D eigenvalue weighted by atomic mass is 35.5. The normalized spacial score (nSPS) is 12.5. The smallest absolute Gasteiger partial charge is 0.346 e. The van der Waals surface area contributed by atoms with Gasteiger partial charge in [0, 0.05) is 29.9 Å². The summed E-state index contributed by atoms with van der Waals surface area (Å²) in [5.74, 6) is -4.30. The molecule has 26 heavy (non-hydrogen) atoms. The van der Waals surface area contributed by atoms with Gasteiger partial charge in [-0.2, -0.15) is 22.0 Å². The highest BCUT2D eigenvalue weighted by molar-refractivity contribution is 6.30. The molecule has 9 heteroatoms. The van der Waals surface area contributed by atoms with Crippen LogP contribution in [0.15, 0.2) is 24.4 Å². The molecule has 2 nitrogen and oxygen atoms in total. The molecule has 0 unspecified atom stereocenters. The van der Waals surface area contributed by atoms with Gasteiger partial charge < -0.3 is 4.57 Å². The molecule has 0 N–H and O–H groups in total. The Kier molecular flexibility index (Phi) is 5.75. The van der Waals surface area contributed by atoms with Crippen molar-refractivity contribution in [3.8, 4) is 0 Å². The Bertz CT molecular complexity index is 792. The van der Waals surface area contributed by atoms with E-state index in [1.807, 2.05) is 0 Å². The summed E-state index contributed by atoms with van der Waals surface area (Å²) in [5.41, 5.74) is -0.896. The number of hydrogen-bond acceptors (Lipinski definition) is 1. The van der Waals surface area contributed by atoms with Gasteiger partial charge in [0.25, 0.3) is 0 Å². The lowest BCUT2D eigenvalue weighted by Crippen LogP contribution is -2.19. The van der Waals surface area contributed by atoms with Gasteiger partial charge in [0.1, 0.15) is 5.82 Å². The minimum absolute atomic E-state index is 0.000710. The second-order valence-electron chi connectivity index (χ2n) is 5.90. The van der Waals surface area contributed by atoms with Crippen LogP contribution in [-0.4, -0.2) is 16.8 Å². The Morgan fingerprint density at radius 1 is 1.15 bits per heavy atom. The molecule has 0 aliphatic carbocycles. The average molecular weight is 398 g/mol.